The van der Waals surface area contributed by atoms with Crippen molar-refractivity contribution in [2.45, 2.75) is 13.8 Å². The Balaban J connectivity index is 2.38. The first kappa shape index (κ1) is 12.4. The molecule has 0 fully saturated rings. The van der Waals surface area contributed by atoms with Gasteiger partial charge in [0.05, 0.1) is 0 Å². The van der Waals surface area contributed by atoms with Gasteiger partial charge < -0.3 is 4.90 Å². The molecule has 92 valence electrons. The second-order valence-electron chi connectivity index (χ2n) is 4.47. The van der Waals surface area contributed by atoms with E-state index in [1.54, 1.807) is 4.90 Å². The molecule has 2 rings (SSSR count). The molecule has 2 aromatic carbocycles. The molecular formula is C16H17NO. The molecule has 2 heteroatoms. The summed E-state index contributed by atoms with van der Waals surface area (Å²) in [6.45, 7) is 4.05. The van der Waals surface area contributed by atoms with Crippen LogP contribution in [0.4, 0.5) is 5.69 Å². The van der Waals surface area contributed by atoms with Crippen molar-refractivity contribution in [2.75, 3.05) is 11.9 Å². The Hall–Kier alpha value is -2.09. The van der Waals surface area contributed by atoms with E-state index in [4.69, 9.17) is 0 Å². The van der Waals surface area contributed by atoms with E-state index < -0.39 is 0 Å². The quantitative estimate of drug-likeness (QED) is 0.784. The van der Waals surface area contributed by atoms with Gasteiger partial charge >= 0.3 is 0 Å². The van der Waals surface area contributed by atoms with E-state index in [2.05, 4.69) is 0 Å². The number of rotatable bonds is 2. The number of benzene rings is 2. The first-order valence-electron chi connectivity index (χ1n) is 6.00. The van der Waals surface area contributed by atoms with Crippen LogP contribution in [0.1, 0.15) is 21.5 Å². The van der Waals surface area contributed by atoms with Gasteiger partial charge in [-0.2, -0.15) is 0 Å². The fourth-order valence-corrected chi connectivity index (χ4v) is 2.21. The second kappa shape index (κ2) is 5.05. The lowest BCUT2D eigenvalue weighted by Gasteiger charge is -2.21. The largest absolute Gasteiger partial charge is 0.311 e. The number of carbonyl (C=O) groups excluding carboxylic acids is 1. The topological polar surface area (TPSA) is 20.3 Å². The maximum absolute atomic E-state index is 12.4. The van der Waals surface area contributed by atoms with E-state index in [0.717, 1.165) is 16.8 Å². The van der Waals surface area contributed by atoms with Crippen LogP contribution in [0.25, 0.3) is 0 Å². The number of hydrogen-bond donors (Lipinski definition) is 0. The molecule has 0 spiro atoms. The van der Waals surface area contributed by atoms with Crippen molar-refractivity contribution in [3.05, 3.63) is 65.2 Å². The lowest BCUT2D eigenvalue weighted by atomic mass is 10.1. The zero-order valence-electron chi connectivity index (χ0n) is 11.0. The molecule has 0 aliphatic heterocycles. The van der Waals surface area contributed by atoms with Crippen LogP contribution < -0.4 is 4.90 Å². The fourth-order valence-electron chi connectivity index (χ4n) is 2.21. The van der Waals surface area contributed by atoms with Crippen molar-refractivity contribution < 1.29 is 4.79 Å². The minimum atomic E-state index is 0.0213. The van der Waals surface area contributed by atoms with E-state index in [9.17, 15) is 4.79 Å². The van der Waals surface area contributed by atoms with Crippen molar-refractivity contribution in [1.29, 1.82) is 0 Å². The maximum atomic E-state index is 12.4. The summed E-state index contributed by atoms with van der Waals surface area (Å²) in [6, 6.07) is 15.4. The number of para-hydroxylation sites is 1. The van der Waals surface area contributed by atoms with Gasteiger partial charge in [-0.05, 0) is 37.1 Å². The van der Waals surface area contributed by atoms with Gasteiger partial charge in [-0.15, -0.1) is 0 Å². The lowest BCUT2D eigenvalue weighted by Crippen LogP contribution is -2.27. The molecule has 0 N–H and O–H groups in total. The molecule has 2 aromatic rings. The van der Waals surface area contributed by atoms with Crippen LogP contribution in [-0.2, 0) is 0 Å². The van der Waals surface area contributed by atoms with E-state index in [1.807, 2.05) is 69.4 Å². The first-order chi connectivity index (χ1) is 8.61. The smallest absolute Gasteiger partial charge is 0.258 e. The van der Waals surface area contributed by atoms with Crippen molar-refractivity contribution in [2.24, 2.45) is 0 Å². The number of hydrogen-bond acceptors (Lipinski definition) is 1. The SMILES string of the molecule is Cc1cccc(C)c1N(C)C(=O)c1ccccc1. The van der Waals surface area contributed by atoms with E-state index >= 15 is 0 Å². The monoisotopic (exact) mass is 239 g/mol. The number of amides is 1. The third-order valence-corrected chi connectivity index (χ3v) is 3.10. The van der Waals surface area contributed by atoms with E-state index in [1.165, 1.54) is 0 Å². The highest BCUT2D eigenvalue weighted by Gasteiger charge is 2.16. The molecule has 0 aromatic heterocycles. The van der Waals surface area contributed by atoms with Gasteiger partial charge in [0, 0.05) is 18.3 Å². The number of anilines is 1. The van der Waals surface area contributed by atoms with Gasteiger partial charge in [0.25, 0.3) is 5.91 Å². The van der Waals surface area contributed by atoms with Gasteiger partial charge in [-0.25, -0.2) is 0 Å². The van der Waals surface area contributed by atoms with Gasteiger partial charge in [0.1, 0.15) is 0 Å². The Morgan fingerprint density at radius 3 is 2.00 bits per heavy atom. The van der Waals surface area contributed by atoms with Crippen LogP contribution in [0.2, 0.25) is 0 Å². The fraction of sp³-hybridized carbons (Fsp3) is 0.188. The highest BCUT2D eigenvalue weighted by atomic mass is 16.2. The minimum Gasteiger partial charge on any atom is -0.311 e. The van der Waals surface area contributed by atoms with Crippen LogP contribution in [0.15, 0.2) is 48.5 Å². The summed E-state index contributed by atoms with van der Waals surface area (Å²) in [6.07, 6.45) is 0. The summed E-state index contributed by atoms with van der Waals surface area (Å²) in [5, 5.41) is 0. The van der Waals surface area contributed by atoms with Gasteiger partial charge in [0.15, 0.2) is 0 Å². The molecule has 0 saturated heterocycles. The highest BCUT2D eigenvalue weighted by Crippen LogP contribution is 2.24. The third kappa shape index (κ3) is 2.28. The summed E-state index contributed by atoms with van der Waals surface area (Å²) >= 11 is 0. The Kier molecular flexibility index (Phi) is 3.47. The summed E-state index contributed by atoms with van der Waals surface area (Å²) in [4.78, 5) is 14.1. The van der Waals surface area contributed by atoms with E-state index in [-0.39, 0.29) is 5.91 Å². The molecule has 0 radical (unpaired) electrons. The molecule has 0 aliphatic carbocycles. The molecule has 0 saturated carbocycles. The molecule has 1 amide bonds. The second-order valence-corrected chi connectivity index (χ2v) is 4.47. The zero-order valence-corrected chi connectivity index (χ0v) is 11.0. The third-order valence-electron chi connectivity index (χ3n) is 3.10. The van der Waals surface area contributed by atoms with Gasteiger partial charge in [0.2, 0.25) is 0 Å². The molecule has 2 nitrogen and oxygen atoms in total. The molecule has 0 aliphatic rings. The van der Waals surface area contributed by atoms with Crippen molar-refractivity contribution >= 4 is 11.6 Å². The van der Waals surface area contributed by atoms with Crippen LogP contribution in [0.5, 0.6) is 0 Å². The lowest BCUT2D eigenvalue weighted by molar-refractivity contribution is 0.0992. The highest BCUT2D eigenvalue weighted by molar-refractivity contribution is 6.06. The minimum absolute atomic E-state index is 0.0213. The number of carbonyl (C=O) groups is 1. The number of nitrogens with zero attached hydrogens (tertiary/aromatic N) is 1. The summed E-state index contributed by atoms with van der Waals surface area (Å²) in [5.74, 6) is 0.0213. The van der Waals surface area contributed by atoms with Crippen LogP contribution in [-0.4, -0.2) is 13.0 Å². The average Bonchev–Trinajstić information content (AvgIpc) is 2.38. The zero-order chi connectivity index (χ0) is 13.1. The first-order valence-corrected chi connectivity index (χ1v) is 6.00. The Morgan fingerprint density at radius 2 is 1.44 bits per heavy atom. The molecule has 0 bridgehead atoms. The van der Waals surface area contributed by atoms with Crippen molar-refractivity contribution in [3.8, 4) is 0 Å². The van der Waals surface area contributed by atoms with Crippen LogP contribution in [0.3, 0.4) is 0 Å². The molecule has 0 unspecified atom stereocenters. The summed E-state index contributed by atoms with van der Waals surface area (Å²) in [7, 11) is 1.82. The maximum Gasteiger partial charge on any atom is 0.258 e. The Labute approximate surface area is 108 Å². The van der Waals surface area contributed by atoms with Crippen molar-refractivity contribution in [1.82, 2.24) is 0 Å². The normalized spacial score (nSPS) is 10.2. The van der Waals surface area contributed by atoms with Crippen molar-refractivity contribution in [3.63, 3.8) is 0 Å². The molecule has 0 heterocycles. The van der Waals surface area contributed by atoms with Gasteiger partial charge in [-0.3, -0.25) is 4.79 Å². The Bertz CT molecular complexity index is 540. The average molecular weight is 239 g/mol. The molecule has 0 atom stereocenters. The number of aryl methyl sites for hydroxylation is 2. The summed E-state index contributed by atoms with van der Waals surface area (Å²) < 4.78 is 0. The molecular weight excluding hydrogens is 222 g/mol. The van der Waals surface area contributed by atoms with Crippen LogP contribution in [0, 0.1) is 13.8 Å². The van der Waals surface area contributed by atoms with E-state index in [0.29, 0.717) is 5.56 Å². The van der Waals surface area contributed by atoms with Gasteiger partial charge in [-0.1, -0.05) is 36.4 Å². The predicted octanol–water partition coefficient (Wildman–Crippen LogP) is 3.58. The standard InChI is InChI=1S/C16H17NO/c1-12-8-7-9-13(2)15(12)17(3)16(18)14-10-5-4-6-11-14/h4-11H,1-3H3. The summed E-state index contributed by atoms with van der Waals surface area (Å²) in [5.41, 5.74) is 3.93. The predicted molar refractivity (Wildman–Crippen MR) is 75.1 cm³/mol. The Morgan fingerprint density at radius 1 is 0.889 bits per heavy atom. The molecule has 18 heavy (non-hydrogen) atoms. The van der Waals surface area contributed by atoms with Crippen LogP contribution >= 0.6 is 0 Å².